The van der Waals surface area contributed by atoms with Crippen molar-refractivity contribution in [2.45, 2.75) is 13.0 Å². The van der Waals surface area contributed by atoms with Gasteiger partial charge in [0.25, 0.3) is 11.8 Å². The monoisotopic (exact) mass is 445 g/mol. The lowest BCUT2D eigenvalue weighted by Crippen LogP contribution is -2.31. The molecule has 0 spiro atoms. The van der Waals surface area contributed by atoms with E-state index in [-0.39, 0.29) is 11.8 Å². The molecule has 0 saturated carbocycles. The molecule has 0 atom stereocenters. The van der Waals surface area contributed by atoms with Crippen LogP contribution in [0.5, 0.6) is 0 Å². The lowest BCUT2D eigenvalue weighted by molar-refractivity contribution is 0.0638. The molecule has 0 radical (unpaired) electrons. The Hall–Kier alpha value is -2.71. The third-order valence-corrected chi connectivity index (χ3v) is 4.79. The van der Waals surface area contributed by atoms with Gasteiger partial charge in [-0.25, -0.2) is 4.79 Å². The summed E-state index contributed by atoms with van der Waals surface area (Å²) in [6.45, 7) is 1.13. The molecular weight excluding hydrogens is 426 g/mol. The molecule has 2 aromatic carbocycles. The third-order valence-electron chi connectivity index (χ3n) is 4.30. The standard InChI is InChI=1S/C20H20BrN3O4/c1-28-9-3-8-24-18(25)16-7-6-15(11-17(16)19(24)26)23-20(27)22-12-13-4-2-5-14(21)10-13/h2,4-7,10-11H,3,8-9,12H2,1H3,(H2,22,23,27). The largest absolute Gasteiger partial charge is 0.385 e. The van der Waals surface area contributed by atoms with Gasteiger partial charge in [-0.15, -0.1) is 0 Å². The maximum absolute atomic E-state index is 12.5. The number of hydrogen-bond acceptors (Lipinski definition) is 4. The highest BCUT2D eigenvalue weighted by Gasteiger charge is 2.35. The summed E-state index contributed by atoms with van der Waals surface area (Å²) in [5, 5.41) is 5.45. The SMILES string of the molecule is COCCCN1C(=O)c2ccc(NC(=O)NCc3cccc(Br)c3)cc2C1=O. The van der Waals surface area contributed by atoms with Crippen molar-refractivity contribution in [3.05, 3.63) is 63.6 Å². The number of hydrogen-bond donors (Lipinski definition) is 2. The van der Waals surface area contributed by atoms with E-state index in [0.717, 1.165) is 10.0 Å². The molecule has 4 amide bonds. The molecular formula is C20H20BrN3O4. The van der Waals surface area contributed by atoms with Crippen LogP contribution in [0.25, 0.3) is 0 Å². The maximum Gasteiger partial charge on any atom is 0.319 e. The van der Waals surface area contributed by atoms with E-state index in [1.165, 1.54) is 11.0 Å². The Kier molecular flexibility index (Phi) is 6.43. The maximum atomic E-state index is 12.5. The fourth-order valence-electron chi connectivity index (χ4n) is 2.94. The molecule has 0 unspecified atom stereocenters. The van der Waals surface area contributed by atoms with Crippen molar-refractivity contribution in [1.29, 1.82) is 0 Å². The number of halogens is 1. The van der Waals surface area contributed by atoms with Gasteiger partial charge >= 0.3 is 6.03 Å². The summed E-state index contributed by atoms with van der Waals surface area (Å²) >= 11 is 3.39. The molecule has 0 aromatic heterocycles. The minimum atomic E-state index is -0.395. The fourth-order valence-corrected chi connectivity index (χ4v) is 3.39. The number of nitrogens with zero attached hydrogens (tertiary/aromatic N) is 1. The molecule has 8 heteroatoms. The molecule has 3 rings (SSSR count). The van der Waals surface area contributed by atoms with Gasteiger partial charge in [-0.3, -0.25) is 14.5 Å². The van der Waals surface area contributed by atoms with Crippen molar-refractivity contribution >= 4 is 39.5 Å². The number of carbonyl (C=O) groups excluding carboxylic acids is 3. The summed E-state index contributed by atoms with van der Waals surface area (Å²) in [4.78, 5) is 38.3. The number of imide groups is 1. The van der Waals surface area contributed by atoms with Crippen molar-refractivity contribution in [2.24, 2.45) is 0 Å². The van der Waals surface area contributed by atoms with Crippen LogP contribution in [0, 0.1) is 0 Å². The van der Waals surface area contributed by atoms with E-state index < -0.39 is 6.03 Å². The minimum Gasteiger partial charge on any atom is -0.385 e. The Bertz CT molecular complexity index is 916. The van der Waals surface area contributed by atoms with Crippen LogP contribution < -0.4 is 10.6 Å². The Balaban J connectivity index is 1.62. The van der Waals surface area contributed by atoms with E-state index >= 15 is 0 Å². The van der Waals surface area contributed by atoms with Gasteiger partial charge in [0, 0.05) is 37.0 Å². The predicted molar refractivity (Wildman–Crippen MR) is 108 cm³/mol. The minimum absolute atomic E-state index is 0.298. The Morgan fingerprint density at radius 2 is 1.89 bits per heavy atom. The number of fused-ring (bicyclic) bond motifs is 1. The smallest absolute Gasteiger partial charge is 0.319 e. The van der Waals surface area contributed by atoms with Gasteiger partial charge in [-0.2, -0.15) is 0 Å². The Morgan fingerprint density at radius 3 is 2.64 bits per heavy atom. The van der Waals surface area contributed by atoms with Crippen molar-refractivity contribution in [3.8, 4) is 0 Å². The first-order valence-corrected chi connectivity index (χ1v) is 9.57. The molecule has 2 aromatic rings. The number of nitrogens with one attached hydrogen (secondary N) is 2. The quantitative estimate of drug-likeness (QED) is 0.504. The van der Waals surface area contributed by atoms with Crippen molar-refractivity contribution < 1.29 is 19.1 Å². The normalized spacial score (nSPS) is 12.9. The second kappa shape index (κ2) is 8.99. The highest BCUT2D eigenvalue weighted by atomic mass is 79.9. The fraction of sp³-hybridized carbons (Fsp3) is 0.250. The summed E-state index contributed by atoms with van der Waals surface area (Å²) in [7, 11) is 1.57. The number of anilines is 1. The molecule has 7 nitrogen and oxygen atoms in total. The first-order valence-electron chi connectivity index (χ1n) is 8.78. The van der Waals surface area contributed by atoms with Gasteiger partial charge in [-0.05, 0) is 42.3 Å². The first kappa shape index (κ1) is 20.0. The van der Waals surface area contributed by atoms with Crippen LogP contribution in [-0.4, -0.2) is 43.0 Å². The molecule has 0 saturated heterocycles. The van der Waals surface area contributed by atoms with Crippen LogP contribution in [0.15, 0.2) is 46.9 Å². The van der Waals surface area contributed by atoms with E-state index in [4.69, 9.17) is 4.74 Å². The summed E-state index contributed by atoms with van der Waals surface area (Å²) in [5.74, 6) is -0.670. The van der Waals surface area contributed by atoms with E-state index in [0.29, 0.717) is 42.9 Å². The second-order valence-electron chi connectivity index (χ2n) is 6.31. The second-order valence-corrected chi connectivity index (χ2v) is 7.22. The van der Waals surface area contributed by atoms with Gasteiger partial charge < -0.3 is 15.4 Å². The Labute approximate surface area is 171 Å². The van der Waals surface area contributed by atoms with Gasteiger partial charge in [0.15, 0.2) is 0 Å². The van der Waals surface area contributed by atoms with Crippen LogP contribution in [-0.2, 0) is 11.3 Å². The number of amides is 4. The van der Waals surface area contributed by atoms with Gasteiger partial charge in [0.2, 0.25) is 0 Å². The van der Waals surface area contributed by atoms with Crippen LogP contribution >= 0.6 is 15.9 Å². The highest BCUT2D eigenvalue weighted by Crippen LogP contribution is 2.26. The molecule has 0 fully saturated rings. The summed E-state index contributed by atoms with van der Waals surface area (Å²) in [5.41, 5.74) is 2.05. The van der Waals surface area contributed by atoms with Crippen LogP contribution in [0.4, 0.5) is 10.5 Å². The zero-order valence-corrected chi connectivity index (χ0v) is 16.9. The Morgan fingerprint density at radius 1 is 1.11 bits per heavy atom. The number of methoxy groups -OCH3 is 1. The number of ether oxygens (including phenoxy) is 1. The van der Waals surface area contributed by atoms with Crippen molar-refractivity contribution in [3.63, 3.8) is 0 Å². The zero-order valence-electron chi connectivity index (χ0n) is 15.3. The molecule has 146 valence electrons. The van der Waals surface area contributed by atoms with Gasteiger partial charge in [0.1, 0.15) is 0 Å². The van der Waals surface area contributed by atoms with E-state index in [9.17, 15) is 14.4 Å². The lowest BCUT2D eigenvalue weighted by atomic mass is 10.1. The molecule has 2 N–H and O–H groups in total. The number of carbonyl (C=O) groups is 3. The molecule has 1 aliphatic heterocycles. The molecule has 0 aliphatic carbocycles. The summed E-state index contributed by atoms with van der Waals surface area (Å²) < 4.78 is 5.90. The topological polar surface area (TPSA) is 87.7 Å². The molecule has 0 bridgehead atoms. The van der Waals surface area contributed by atoms with E-state index in [1.54, 1.807) is 19.2 Å². The lowest BCUT2D eigenvalue weighted by Gasteiger charge is -2.12. The van der Waals surface area contributed by atoms with E-state index in [2.05, 4.69) is 26.6 Å². The highest BCUT2D eigenvalue weighted by molar-refractivity contribution is 9.10. The summed E-state index contributed by atoms with van der Waals surface area (Å²) in [6, 6.07) is 11.9. The van der Waals surface area contributed by atoms with E-state index in [1.807, 2.05) is 24.3 Å². The molecule has 1 heterocycles. The first-order chi connectivity index (χ1) is 13.5. The van der Waals surface area contributed by atoms with Gasteiger partial charge in [-0.1, -0.05) is 28.1 Å². The average molecular weight is 446 g/mol. The zero-order chi connectivity index (χ0) is 20.1. The predicted octanol–water partition coefficient (Wildman–Crippen LogP) is 3.40. The van der Waals surface area contributed by atoms with Crippen molar-refractivity contribution in [1.82, 2.24) is 10.2 Å². The van der Waals surface area contributed by atoms with Crippen molar-refractivity contribution in [2.75, 3.05) is 25.6 Å². The summed E-state index contributed by atoms with van der Waals surface area (Å²) in [6.07, 6.45) is 0.574. The average Bonchev–Trinajstić information content (AvgIpc) is 2.91. The molecule has 28 heavy (non-hydrogen) atoms. The number of benzene rings is 2. The molecule has 1 aliphatic rings. The number of urea groups is 1. The third kappa shape index (κ3) is 4.58. The van der Waals surface area contributed by atoms with Crippen LogP contribution in [0.1, 0.15) is 32.7 Å². The van der Waals surface area contributed by atoms with Crippen LogP contribution in [0.3, 0.4) is 0 Å². The van der Waals surface area contributed by atoms with Crippen LogP contribution in [0.2, 0.25) is 0 Å². The van der Waals surface area contributed by atoms with Gasteiger partial charge in [0.05, 0.1) is 11.1 Å². The number of rotatable bonds is 7.